The highest BCUT2D eigenvalue weighted by atomic mass is 16.5. The van der Waals surface area contributed by atoms with E-state index in [4.69, 9.17) is 4.74 Å². The summed E-state index contributed by atoms with van der Waals surface area (Å²) >= 11 is 0. The van der Waals surface area contributed by atoms with Crippen molar-refractivity contribution in [2.24, 2.45) is 0 Å². The van der Waals surface area contributed by atoms with Crippen LogP contribution in [0.25, 0.3) is 0 Å². The summed E-state index contributed by atoms with van der Waals surface area (Å²) in [6, 6.07) is 18.0. The second kappa shape index (κ2) is 6.57. The van der Waals surface area contributed by atoms with E-state index in [-0.39, 0.29) is 12.4 Å². The fraction of sp³-hybridized carbons (Fsp3) is 0.316. The maximum atomic E-state index is 12.2. The monoisotopic (exact) mass is 280 g/mol. The number of ketones is 1. The summed E-state index contributed by atoms with van der Waals surface area (Å²) in [4.78, 5) is 12.2. The van der Waals surface area contributed by atoms with Gasteiger partial charge in [0, 0.05) is 6.42 Å². The molecule has 0 aromatic heterocycles. The molecule has 0 fully saturated rings. The first-order valence-electron chi connectivity index (χ1n) is 7.60. The molecule has 2 aromatic carbocycles. The van der Waals surface area contributed by atoms with Crippen molar-refractivity contribution in [1.82, 2.24) is 0 Å². The molecule has 108 valence electrons. The van der Waals surface area contributed by atoms with Crippen molar-refractivity contribution in [1.29, 1.82) is 0 Å². The van der Waals surface area contributed by atoms with E-state index in [2.05, 4.69) is 24.3 Å². The number of carbonyl (C=O) groups excluding carboxylic acids is 1. The molecule has 0 heterocycles. The van der Waals surface area contributed by atoms with Crippen molar-refractivity contribution in [3.8, 4) is 5.75 Å². The predicted octanol–water partition coefficient (Wildman–Crippen LogP) is 4.14. The van der Waals surface area contributed by atoms with Crippen LogP contribution in [0.2, 0.25) is 0 Å². The fourth-order valence-electron chi connectivity index (χ4n) is 3.08. The van der Waals surface area contributed by atoms with Crippen LogP contribution in [0.4, 0.5) is 0 Å². The largest absolute Gasteiger partial charge is 0.486 e. The van der Waals surface area contributed by atoms with Crippen LogP contribution in [0.5, 0.6) is 5.75 Å². The Morgan fingerprint density at radius 3 is 2.67 bits per heavy atom. The van der Waals surface area contributed by atoms with E-state index < -0.39 is 0 Å². The van der Waals surface area contributed by atoms with Gasteiger partial charge in [0.15, 0.2) is 5.78 Å². The van der Waals surface area contributed by atoms with Crippen LogP contribution in [0.3, 0.4) is 0 Å². The predicted molar refractivity (Wildman–Crippen MR) is 83.7 cm³/mol. The summed E-state index contributed by atoms with van der Waals surface area (Å²) in [6.07, 6.45) is 4.01. The number of Topliss-reactive ketones (excluding diaryl/α,β-unsaturated/α-hetero) is 1. The lowest BCUT2D eigenvalue weighted by Gasteiger charge is -2.24. The van der Waals surface area contributed by atoms with Gasteiger partial charge in [0.1, 0.15) is 12.4 Å². The molecule has 0 amide bonds. The van der Waals surface area contributed by atoms with Crippen molar-refractivity contribution < 1.29 is 9.53 Å². The maximum Gasteiger partial charge on any atom is 0.170 e. The Kier molecular flexibility index (Phi) is 4.34. The lowest BCUT2D eigenvalue weighted by atomic mass is 9.80. The Morgan fingerprint density at radius 2 is 1.81 bits per heavy atom. The van der Waals surface area contributed by atoms with E-state index in [1.807, 2.05) is 30.3 Å². The second-order valence-electron chi connectivity index (χ2n) is 5.63. The zero-order chi connectivity index (χ0) is 14.5. The number of aryl methyl sites for hydroxylation is 1. The third-order valence-corrected chi connectivity index (χ3v) is 4.11. The average Bonchev–Trinajstić information content (AvgIpc) is 2.54. The number of fused-ring (bicyclic) bond motifs is 1. The molecule has 0 N–H and O–H groups in total. The number of hydrogen-bond donors (Lipinski definition) is 0. The van der Waals surface area contributed by atoms with Gasteiger partial charge in [-0.1, -0.05) is 42.5 Å². The summed E-state index contributed by atoms with van der Waals surface area (Å²) in [5.41, 5.74) is 2.77. The van der Waals surface area contributed by atoms with Gasteiger partial charge in [0.2, 0.25) is 0 Å². The van der Waals surface area contributed by atoms with Crippen LogP contribution in [-0.2, 0) is 11.2 Å². The zero-order valence-electron chi connectivity index (χ0n) is 12.1. The first-order chi connectivity index (χ1) is 10.3. The minimum atomic E-state index is 0.169. The third kappa shape index (κ3) is 3.52. The van der Waals surface area contributed by atoms with Crippen LogP contribution < -0.4 is 4.74 Å². The van der Waals surface area contributed by atoms with E-state index in [0.29, 0.717) is 12.3 Å². The van der Waals surface area contributed by atoms with Crippen LogP contribution in [0.15, 0.2) is 54.6 Å². The van der Waals surface area contributed by atoms with Gasteiger partial charge in [-0.3, -0.25) is 4.79 Å². The molecule has 1 atom stereocenters. The van der Waals surface area contributed by atoms with Crippen molar-refractivity contribution in [3.63, 3.8) is 0 Å². The van der Waals surface area contributed by atoms with Crippen molar-refractivity contribution in [3.05, 3.63) is 65.7 Å². The Morgan fingerprint density at radius 1 is 1.05 bits per heavy atom. The highest BCUT2D eigenvalue weighted by Gasteiger charge is 2.22. The highest BCUT2D eigenvalue weighted by molar-refractivity contribution is 5.81. The lowest BCUT2D eigenvalue weighted by Crippen LogP contribution is -2.18. The minimum absolute atomic E-state index is 0.169. The maximum absolute atomic E-state index is 12.2. The number of para-hydroxylation sites is 1. The van der Waals surface area contributed by atoms with Gasteiger partial charge in [-0.2, -0.15) is 0 Å². The van der Waals surface area contributed by atoms with Gasteiger partial charge in [-0.15, -0.1) is 0 Å². The first-order valence-corrected chi connectivity index (χ1v) is 7.60. The second-order valence-corrected chi connectivity index (χ2v) is 5.63. The molecule has 0 bridgehead atoms. The Labute approximate surface area is 125 Å². The fourth-order valence-corrected chi connectivity index (χ4v) is 3.08. The van der Waals surface area contributed by atoms with Crippen LogP contribution in [0, 0.1) is 0 Å². The average molecular weight is 280 g/mol. The van der Waals surface area contributed by atoms with Crippen LogP contribution >= 0.6 is 0 Å². The number of rotatable bonds is 5. The molecule has 0 aliphatic heterocycles. The summed E-state index contributed by atoms with van der Waals surface area (Å²) in [7, 11) is 0. The molecule has 0 saturated heterocycles. The van der Waals surface area contributed by atoms with E-state index in [1.165, 1.54) is 17.5 Å². The smallest absolute Gasteiger partial charge is 0.170 e. The van der Waals surface area contributed by atoms with Crippen LogP contribution in [-0.4, -0.2) is 12.4 Å². The zero-order valence-corrected chi connectivity index (χ0v) is 12.1. The normalized spacial score (nSPS) is 17.0. The topological polar surface area (TPSA) is 26.3 Å². The molecule has 2 aromatic rings. The van der Waals surface area contributed by atoms with Crippen molar-refractivity contribution >= 4 is 5.78 Å². The molecule has 2 heteroatoms. The van der Waals surface area contributed by atoms with E-state index in [0.717, 1.165) is 18.6 Å². The molecule has 1 aliphatic carbocycles. The molecule has 0 radical (unpaired) electrons. The van der Waals surface area contributed by atoms with E-state index >= 15 is 0 Å². The third-order valence-electron chi connectivity index (χ3n) is 4.11. The molecule has 2 nitrogen and oxygen atoms in total. The summed E-state index contributed by atoms with van der Waals surface area (Å²) in [5.74, 6) is 1.30. The minimum Gasteiger partial charge on any atom is -0.486 e. The molecule has 1 unspecified atom stereocenters. The molecular formula is C19H20O2. The van der Waals surface area contributed by atoms with E-state index in [1.54, 1.807) is 0 Å². The number of benzene rings is 2. The lowest BCUT2D eigenvalue weighted by molar-refractivity contribution is -0.121. The van der Waals surface area contributed by atoms with Gasteiger partial charge in [0.25, 0.3) is 0 Å². The summed E-state index contributed by atoms with van der Waals surface area (Å²) < 4.78 is 5.55. The quantitative estimate of drug-likeness (QED) is 0.822. The molecule has 0 saturated carbocycles. The molecule has 21 heavy (non-hydrogen) atoms. The Hall–Kier alpha value is -2.09. The molecule has 0 spiro atoms. The Bertz CT molecular complexity index is 604. The van der Waals surface area contributed by atoms with Gasteiger partial charge in [0.05, 0.1) is 0 Å². The van der Waals surface area contributed by atoms with Crippen molar-refractivity contribution in [2.75, 3.05) is 6.61 Å². The standard InChI is InChI=1S/C19H20O2/c20-17(14-21-18-10-2-1-3-11-18)13-16-9-6-8-15-7-4-5-12-19(15)16/h1-5,7,10-12,16H,6,8-9,13-14H2. The number of hydrogen-bond acceptors (Lipinski definition) is 2. The van der Waals surface area contributed by atoms with Gasteiger partial charge >= 0.3 is 0 Å². The van der Waals surface area contributed by atoms with Gasteiger partial charge in [-0.25, -0.2) is 0 Å². The Balaban J connectivity index is 1.58. The summed E-state index contributed by atoms with van der Waals surface area (Å²) in [5, 5.41) is 0. The first kappa shape index (κ1) is 13.9. The summed E-state index contributed by atoms with van der Waals surface area (Å²) in [6.45, 7) is 0.169. The van der Waals surface area contributed by atoms with Gasteiger partial charge in [-0.05, 0) is 48.4 Å². The van der Waals surface area contributed by atoms with Crippen LogP contribution in [0.1, 0.15) is 36.3 Å². The van der Waals surface area contributed by atoms with E-state index in [9.17, 15) is 4.79 Å². The van der Waals surface area contributed by atoms with Crippen molar-refractivity contribution in [2.45, 2.75) is 31.6 Å². The highest BCUT2D eigenvalue weighted by Crippen LogP contribution is 2.33. The molecule has 3 rings (SSSR count). The molecule has 1 aliphatic rings. The van der Waals surface area contributed by atoms with Gasteiger partial charge < -0.3 is 4.74 Å². The number of ether oxygens (including phenoxy) is 1. The SMILES string of the molecule is O=C(COc1ccccc1)CC1CCCc2ccccc21. The number of carbonyl (C=O) groups is 1. The molecular weight excluding hydrogens is 260 g/mol.